The van der Waals surface area contributed by atoms with Crippen molar-refractivity contribution in [3.8, 4) is 0 Å². The highest BCUT2D eigenvalue weighted by atomic mass is 16.6. The second kappa shape index (κ2) is 3.47. The fourth-order valence-electron chi connectivity index (χ4n) is 2.67. The smallest absolute Gasteiger partial charge is 0.383 e. The van der Waals surface area contributed by atoms with E-state index in [0.717, 1.165) is 0 Å². The van der Waals surface area contributed by atoms with Crippen molar-refractivity contribution in [1.29, 1.82) is 0 Å². The molecule has 0 aromatic carbocycles. The quantitative estimate of drug-likeness (QED) is 0.561. The second-order valence-corrected chi connectivity index (χ2v) is 4.83. The lowest BCUT2D eigenvalue weighted by molar-refractivity contribution is -0.534. The van der Waals surface area contributed by atoms with E-state index in [9.17, 15) is 14.9 Å². The number of nitro groups is 1. The molecule has 1 saturated carbocycles. The Bertz CT molecular complexity index is 286. The molecule has 1 aliphatic carbocycles. The zero-order chi connectivity index (χ0) is 11.9. The maximum absolute atomic E-state index is 11.0. The fraction of sp³-hybridized carbons (Fsp3) is 0.900. The highest BCUT2D eigenvalue weighted by molar-refractivity contribution is 5.83. The molecule has 5 nitrogen and oxygen atoms in total. The average molecular weight is 215 g/mol. The molecule has 0 heterocycles. The van der Waals surface area contributed by atoms with E-state index in [1.165, 1.54) is 0 Å². The van der Waals surface area contributed by atoms with E-state index >= 15 is 0 Å². The Balaban J connectivity index is 2.98. The second-order valence-electron chi connectivity index (χ2n) is 4.83. The van der Waals surface area contributed by atoms with Gasteiger partial charge in [-0.2, -0.15) is 0 Å². The summed E-state index contributed by atoms with van der Waals surface area (Å²) in [5.41, 5.74) is -2.34. The summed E-state index contributed by atoms with van der Waals surface area (Å²) < 4.78 is 0. The van der Waals surface area contributed by atoms with E-state index < -0.39 is 21.8 Å². The summed E-state index contributed by atoms with van der Waals surface area (Å²) in [7, 11) is 0. The fourth-order valence-corrected chi connectivity index (χ4v) is 2.67. The Morgan fingerprint density at radius 1 is 1.60 bits per heavy atom. The molecular formula is C10H17NO4. The summed E-state index contributed by atoms with van der Waals surface area (Å²) in [4.78, 5) is 21.3. The van der Waals surface area contributed by atoms with Crippen LogP contribution < -0.4 is 0 Å². The van der Waals surface area contributed by atoms with Gasteiger partial charge in [0, 0.05) is 11.3 Å². The summed E-state index contributed by atoms with van der Waals surface area (Å²) in [5.74, 6) is -0.999. The molecule has 86 valence electrons. The van der Waals surface area contributed by atoms with Crippen LogP contribution >= 0.6 is 0 Å². The molecule has 0 radical (unpaired) electrons. The number of carboxylic acid groups (broad SMARTS) is 1. The number of hydrogen-bond acceptors (Lipinski definition) is 3. The Hall–Kier alpha value is -1.13. The molecule has 15 heavy (non-hydrogen) atoms. The average Bonchev–Trinajstić information content (AvgIpc) is 2.75. The summed E-state index contributed by atoms with van der Waals surface area (Å²) in [6.45, 7) is 5.75. The third kappa shape index (κ3) is 1.50. The lowest BCUT2D eigenvalue weighted by atomic mass is 9.87. The number of aliphatic carboxylic acids is 1. The van der Waals surface area contributed by atoms with Gasteiger partial charge in [-0.1, -0.05) is 20.8 Å². The summed E-state index contributed by atoms with van der Waals surface area (Å²) in [6, 6.07) is 0. The summed E-state index contributed by atoms with van der Waals surface area (Å²) in [6.07, 6.45) is 1.34. The zero-order valence-corrected chi connectivity index (χ0v) is 9.32. The Kier molecular flexibility index (Phi) is 2.76. The molecule has 0 spiro atoms. The van der Waals surface area contributed by atoms with Crippen LogP contribution in [-0.2, 0) is 4.79 Å². The molecule has 1 N–H and O–H groups in total. The van der Waals surface area contributed by atoms with Gasteiger partial charge in [-0.15, -0.1) is 0 Å². The first kappa shape index (κ1) is 11.9. The van der Waals surface area contributed by atoms with Crippen molar-refractivity contribution in [2.45, 2.75) is 45.6 Å². The van der Waals surface area contributed by atoms with Gasteiger partial charge < -0.3 is 5.11 Å². The molecule has 5 heteroatoms. The molecule has 0 aromatic rings. The lowest BCUT2D eigenvalue weighted by Crippen LogP contribution is -2.38. The number of rotatable bonds is 5. The molecule has 1 aliphatic rings. The highest BCUT2D eigenvalue weighted by Crippen LogP contribution is 2.64. The summed E-state index contributed by atoms with van der Waals surface area (Å²) in [5, 5.41) is 19.9. The van der Waals surface area contributed by atoms with Gasteiger partial charge in [0.2, 0.25) is 0 Å². The predicted molar refractivity (Wildman–Crippen MR) is 54.2 cm³/mol. The van der Waals surface area contributed by atoms with E-state index in [4.69, 9.17) is 5.11 Å². The van der Waals surface area contributed by atoms with E-state index in [0.29, 0.717) is 12.8 Å². The summed E-state index contributed by atoms with van der Waals surface area (Å²) >= 11 is 0. The van der Waals surface area contributed by atoms with Crippen LogP contribution in [0.3, 0.4) is 0 Å². The zero-order valence-electron chi connectivity index (χ0n) is 9.32. The minimum absolute atomic E-state index is 0.178. The largest absolute Gasteiger partial charge is 0.476 e. The molecule has 1 fully saturated rings. The van der Waals surface area contributed by atoms with Gasteiger partial charge in [0.25, 0.3) is 0 Å². The SMILES string of the molecule is CCC1(CC(C)C)C[C@]1(C(=O)O)[N+](=O)[O-]. The number of nitrogens with zero attached hydrogens (tertiary/aromatic N) is 1. The first-order valence-electron chi connectivity index (χ1n) is 5.20. The van der Waals surface area contributed by atoms with Crippen molar-refractivity contribution in [3.05, 3.63) is 10.1 Å². The van der Waals surface area contributed by atoms with E-state index in [-0.39, 0.29) is 12.3 Å². The number of carbonyl (C=O) groups is 1. The third-order valence-corrected chi connectivity index (χ3v) is 3.49. The van der Waals surface area contributed by atoms with E-state index in [2.05, 4.69) is 0 Å². The number of hydrogen-bond donors (Lipinski definition) is 1. The van der Waals surface area contributed by atoms with Crippen LogP contribution in [-0.4, -0.2) is 21.5 Å². The third-order valence-electron chi connectivity index (χ3n) is 3.49. The molecule has 1 rings (SSSR count). The van der Waals surface area contributed by atoms with Crippen molar-refractivity contribution in [2.24, 2.45) is 11.3 Å². The van der Waals surface area contributed by atoms with Gasteiger partial charge in [-0.05, 0) is 18.8 Å². The van der Waals surface area contributed by atoms with E-state index in [1.54, 1.807) is 0 Å². The van der Waals surface area contributed by atoms with Crippen molar-refractivity contribution in [2.75, 3.05) is 0 Å². The normalized spacial score (nSPS) is 34.1. The van der Waals surface area contributed by atoms with Crippen LogP contribution in [0.2, 0.25) is 0 Å². The topological polar surface area (TPSA) is 80.4 Å². The minimum atomic E-state index is -1.72. The van der Waals surface area contributed by atoms with Crippen molar-refractivity contribution >= 4 is 5.97 Å². The molecule has 0 bridgehead atoms. The van der Waals surface area contributed by atoms with E-state index in [1.807, 2.05) is 20.8 Å². The molecule has 1 unspecified atom stereocenters. The van der Waals surface area contributed by atoms with Gasteiger partial charge in [-0.25, -0.2) is 4.79 Å². The van der Waals surface area contributed by atoms with Gasteiger partial charge >= 0.3 is 11.5 Å². The first-order valence-corrected chi connectivity index (χ1v) is 5.20. The molecule has 0 aliphatic heterocycles. The van der Waals surface area contributed by atoms with Gasteiger partial charge in [0.05, 0.1) is 5.41 Å². The van der Waals surface area contributed by atoms with Crippen molar-refractivity contribution < 1.29 is 14.8 Å². The molecule has 0 amide bonds. The van der Waals surface area contributed by atoms with Crippen LogP contribution in [0.1, 0.15) is 40.0 Å². The molecule has 0 saturated heterocycles. The van der Waals surface area contributed by atoms with Crippen LogP contribution in [0.4, 0.5) is 0 Å². The Morgan fingerprint density at radius 2 is 2.13 bits per heavy atom. The van der Waals surface area contributed by atoms with Crippen LogP contribution in [0.15, 0.2) is 0 Å². The first-order chi connectivity index (χ1) is 6.82. The van der Waals surface area contributed by atoms with Gasteiger partial charge in [0.15, 0.2) is 0 Å². The predicted octanol–water partition coefficient (Wildman–Crippen LogP) is 1.93. The molecular weight excluding hydrogens is 198 g/mol. The van der Waals surface area contributed by atoms with Gasteiger partial charge in [-0.3, -0.25) is 10.1 Å². The Labute approximate surface area is 88.6 Å². The highest BCUT2D eigenvalue weighted by Gasteiger charge is 2.82. The van der Waals surface area contributed by atoms with Crippen LogP contribution in [0.25, 0.3) is 0 Å². The molecule has 0 aromatic heterocycles. The maximum Gasteiger partial charge on any atom is 0.383 e. The monoisotopic (exact) mass is 215 g/mol. The van der Waals surface area contributed by atoms with Crippen LogP contribution in [0, 0.1) is 21.4 Å². The minimum Gasteiger partial charge on any atom is -0.476 e. The Morgan fingerprint density at radius 3 is 2.33 bits per heavy atom. The molecule has 2 atom stereocenters. The van der Waals surface area contributed by atoms with Crippen molar-refractivity contribution in [1.82, 2.24) is 0 Å². The standard InChI is InChI=1S/C10H17NO4/c1-4-9(5-7(2)3)6-10(9,8(12)13)11(14)15/h7H,4-6H2,1-3H3,(H,12,13)/t9?,10-/m1/s1. The van der Waals surface area contributed by atoms with Crippen LogP contribution in [0.5, 0.6) is 0 Å². The van der Waals surface area contributed by atoms with Gasteiger partial charge in [0.1, 0.15) is 0 Å². The lowest BCUT2D eigenvalue weighted by Gasteiger charge is -2.17. The number of carboxylic acids is 1. The maximum atomic E-state index is 11.0. The van der Waals surface area contributed by atoms with Crippen molar-refractivity contribution in [3.63, 3.8) is 0 Å².